The van der Waals surface area contributed by atoms with Gasteiger partial charge in [-0.25, -0.2) is 4.79 Å². The van der Waals surface area contributed by atoms with E-state index in [0.717, 1.165) is 13.0 Å². The van der Waals surface area contributed by atoms with E-state index in [1.807, 2.05) is 47.4 Å². The average molecular weight is 409 g/mol. The van der Waals surface area contributed by atoms with Crippen molar-refractivity contribution in [3.05, 3.63) is 76.1 Å². The van der Waals surface area contributed by atoms with Gasteiger partial charge in [0.2, 0.25) is 6.04 Å². The minimum atomic E-state index is -1.08. The summed E-state index contributed by atoms with van der Waals surface area (Å²) >= 11 is 0. The van der Waals surface area contributed by atoms with Crippen LogP contribution in [0.25, 0.3) is 0 Å². The number of para-hydroxylation sites is 1. The number of ether oxygens (including phenoxy) is 2. The van der Waals surface area contributed by atoms with Crippen LogP contribution in [0.2, 0.25) is 0 Å². The number of esters is 1. The van der Waals surface area contributed by atoms with E-state index in [1.54, 1.807) is 24.0 Å². The maximum absolute atomic E-state index is 12.7. The van der Waals surface area contributed by atoms with E-state index in [1.165, 1.54) is 0 Å². The molecule has 30 heavy (non-hydrogen) atoms. The molecule has 0 bridgehead atoms. The number of benzene rings is 2. The summed E-state index contributed by atoms with van der Waals surface area (Å²) in [5, 5.41) is 11.9. The second-order valence-electron chi connectivity index (χ2n) is 7.13. The molecular weight excluding hydrogens is 386 g/mol. The largest absolute Gasteiger partial charge is 0.464 e. The molecular formula is C22H23N3O5. The SMILES string of the molecule is CCOC(=O)C1C([N+](=O)[O-])=C2CCCN2CN1c1ccc(Oc2ccccc2)cc1. The minimum absolute atomic E-state index is 0.0817. The number of rotatable bonds is 6. The van der Waals surface area contributed by atoms with Crippen molar-refractivity contribution >= 4 is 11.7 Å². The van der Waals surface area contributed by atoms with Gasteiger partial charge in [0.05, 0.1) is 23.9 Å². The number of carbonyl (C=O) groups excluding carboxylic acids is 1. The van der Waals surface area contributed by atoms with Gasteiger partial charge in [0, 0.05) is 12.2 Å². The first-order valence-corrected chi connectivity index (χ1v) is 9.97. The lowest BCUT2D eigenvalue weighted by Gasteiger charge is -2.39. The molecule has 2 aromatic carbocycles. The van der Waals surface area contributed by atoms with Crippen LogP contribution < -0.4 is 9.64 Å². The molecule has 0 aliphatic carbocycles. The third kappa shape index (κ3) is 3.80. The Morgan fingerprint density at radius 2 is 1.83 bits per heavy atom. The zero-order valence-electron chi connectivity index (χ0n) is 16.7. The smallest absolute Gasteiger partial charge is 0.340 e. The van der Waals surface area contributed by atoms with Crippen molar-refractivity contribution in [2.45, 2.75) is 25.8 Å². The Morgan fingerprint density at radius 1 is 1.13 bits per heavy atom. The molecule has 2 aromatic rings. The van der Waals surface area contributed by atoms with E-state index in [2.05, 4.69) is 0 Å². The van der Waals surface area contributed by atoms with Crippen LogP contribution in [0.1, 0.15) is 19.8 Å². The van der Waals surface area contributed by atoms with E-state index in [0.29, 0.717) is 36.0 Å². The summed E-state index contributed by atoms with van der Waals surface area (Å²) in [5.74, 6) is 0.752. The number of fused-ring (bicyclic) bond motifs is 1. The monoisotopic (exact) mass is 409 g/mol. The van der Waals surface area contributed by atoms with Crippen molar-refractivity contribution in [3.8, 4) is 11.5 Å². The van der Waals surface area contributed by atoms with Crippen molar-refractivity contribution in [3.63, 3.8) is 0 Å². The number of allylic oxidation sites excluding steroid dienone is 1. The van der Waals surface area contributed by atoms with Gasteiger partial charge in [-0.3, -0.25) is 10.1 Å². The van der Waals surface area contributed by atoms with Gasteiger partial charge in [0.15, 0.2) is 0 Å². The summed E-state index contributed by atoms with van der Waals surface area (Å²) in [6.45, 7) is 2.99. The molecule has 1 atom stereocenters. The zero-order chi connectivity index (χ0) is 21.1. The Kier molecular flexibility index (Phi) is 5.56. The maximum atomic E-state index is 12.7. The molecule has 1 saturated heterocycles. The molecule has 0 amide bonds. The first-order chi connectivity index (χ1) is 14.6. The highest BCUT2D eigenvalue weighted by Crippen LogP contribution is 2.36. The predicted octanol–water partition coefficient (Wildman–Crippen LogP) is 3.77. The number of nitrogens with zero attached hydrogens (tertiary/aromatic N) is 3. The lowest BCUT2D eigenvalue weighted by molar-refractivity contribution is -0.431. The molecule has 0 saturated carbocycles. The predicted molar refractivity (Wildman–Crippen MR) is 111 cm³/mol. The fourth-order valence-electron chi connectivity index (χ4n) is 3.97. The van der Waals surface area contributed by atoms with E-state index < -0.39 is 16.9 Å². The molecule has 8 heteroatoms. The Morgan fingerprint density at radius 3 is 2.50 bits per heavy atom. The van der Waals surface area contributed by atoms with Crippen molar-refractivity contribution in [1.29, 1.82) is 0 Å². The highest BCUT2D eigenvalue weighted by atomic mass is 16.6. The summed E-state index contributed by atoms with van der Waals surface area (Å²) in [4.78, 5) is 27.9. The molecule has 4 rings (SSSR count). The van der Waals surface area contributed by atoms with E-state index in [-0.39, 0.29) is 12.3 Å². The average Bonchev–Trinajstić information content (AvgIpc) is 3.22. The van der Waals surface area contributed by atoms with Crippen molar-refractivity contribution in [1.82, 2.24) is 4.90 Å². The Balaban J connectivity index is 1.66. The Bertz CT molecular complexity index is 958. The fourth-order valence-corrected chi connectivity index (χ4v) is 3.97. The lowest BCUT2D eigenvalue weighted by atomic mass is 10.1. The van der Waals surface area contributed by atoms with Gasteiger partial charge >= 0.3 is 5.97 Å². The van der Waals surface area contributed by atoms with Crippen LogP contribution in [0.15, 0.2) is 66.0 Å². The highest BCUT2D eigenvalue weighted by Gasteiger charge is 2.47. The second-order valence-corrected chi connectivity index (χ2v) is 7.13. The van der Waals surface area contributed by atoms with Crippen LogP contribution in [-0.2, 0) is 9.53 Å². The van der Waals surface area contributed by atoms with Gasteiger partial charge in [0.1, 0.15) is 11.5 Å². The maximum Gasteiger partial charge on any atom is 0.340 e. The van der Waals surface area contributed by atoms with Crippen LogP contribution in [0.3, 0.4) is 0 Å². The van der Waals surface area contributed by atoms with Gasteiger partial charge in [0.25, 0.3) is 5.70 Å². The molecule has 0 radical (unpaired) electrons. The number of nitro groups is 1. The van der Waals surface area contributed by atoms with Crippen LogP contribution >= 0.6 is 0 Å². The third-order valence-electron chi connectivity index (χ3n) is 5.27. The summed E-state index contributed by atoms with van der Waals surface area (Å²) in [7, 11) is 0. The highest BCUT2D eigenvalue weighted by molar-refractivity contribution is 5.84. The topological polar surface area (TPSA) is 85.1 Å². The molecule has 1 unspecified atom stereocenters. The first kappa shape index (κ1) is 19.8. The van der Waals surface area contributed by atoms with Gasteiger partial charge in [-0.15, -0.1) is 0 Å². The van der Waals surface area contributed by atoms with E-state index >= 15 is 0 Å². The summed E-state index contributed by atoms with van der Waals surface area (Å²) in [6, 6.07) is 15.5. The summed E-state index contributed by atoms with van der Waals surface area (Å²) in [5.41, 5.74) is 1.25. The molecule has 2 aliphatic rings. The second kappa shape index (κ2) is 8.44. The normalized spacial score (nSPS) is 18.2. The Labute approximate surface area is 174 Å². The third-order valence-corrected chi connectivity index (χ3v) is 5.27. The molecule has 1 fully saturated rings. The molecule has 0 spiro atoms. The molecule has 2 heterocycles. The minimum Gasteiger partial charge on any atom is -0.464 e. The van der Waals surface area contributed by atoms with Gasteiger partial charge in [-0.2, -0.15) is 0 Å². The fraction of sp³-hybridized carbons (Fsp3) is 0.318. The molecule has 0 aromatic heterocycles. The standard InChI is InChI=1S/C22H23N3O5/c1-2-29-22(26)21-20(25(27)28)19-9-6-14-23(19)15-24(21)16-10-12-18(13-11-16)30-17-7-4-3-5-8-17/h3-5,7-8,10-13,21H,2,6,9,14-15H2,1H3. The molecule has 0 N–H and O–H groups in total. The molecule has 156 valence electrons. The molecule has 2 aliphatic heterocycles. The van der Waals surface area contributed by atoms with Crippen molar-refractivity contribution in [2.24, 2.45) is 0 Å². The quantitative estimate of drug-likeness (QED) is 0.408. The summed E-state index contributed by atoms with van der Waals surface area (Å²) < 4.78 is 11.0. The first-order valence-electron chi connectivity index (χ1n) is 9.97. The Hall–Kier alpha value is -3.55. The van der Waals surface area contributed by atoms with E-state index in [4.69, 9.17) is 9.47 Å². The van der Waals surface area contributed by atoms with Crippen molar-refractivity contribution in [2.75, 3.05) is 24.7 Å². The molecule has 8 nitrogen and oxygen atoms in total. The van der Waals surface area contributed by atoms with Crippen LogP contribution in [0.5, 0.6) is 11.5 Å². The van der Waals surface area contributed by atoms with Crippen LogP contribution in [-0.4, -0.2) is 41.7 Å². The lowest BCUT2D eigenvalue weighted by Crippen LogP contribution is -2.54. The number of anilines is 1. The number of hydrogen-bond donors (Lipinski definition) is 0. The number of carbonyl (C=O) groups is 1. The van der Waals surface area contributed by atoms with Gasteiger partial charge in [-0.05, 0) is 56.2 Å². The van der Waals surface area contributed by atoms with Gasteiger partial charge < -0.3 is 19.3 Å². The van der Waals surface area contributed by atoms with Gasteiger partial charge in [-0.1, -0.05) is 18.2 Å². The number of hydrogen-bond acceptors (Lipinski definition) is 7. The van der Waals surface area contributed by atoms with Crippen LogP contribution in [0.4, 0.5) is 5.69 Å². The van der Waals surface area contributed by atoms with Crippen LogP contribution in [0, 0.1) is 10.1 Å². The van der Waals surface area contributed by atoms with E-state index in [9.17, 15) is 14.9 Å². The van der Waals surface area contributed by atoms with Crippen molar-refractivity contribution < 1.29 is 19.2 Å². The summed E-state index contributed by atoms with van der Waals surface area (Å²) in [6.07, 6.45) is 1.43. The zero-order valence-corrected chi connectivity index (χ0v) is 16.7.